The van der Waals surface area contributed by atoms with Crippen LogP contribution in [0.3, 0.4) is 0 Å². The molecule has 3 heterocycles. The first kappa shape index (κ1) is 15.0. The van der Waals surface area contributed by atoms with Gasteiger partial charge in [0.2, 0.25) is 0 Å². The number of imidazole rings is 1. The predicted molar refractivity (Wildman–Crippen MR) is 79.9 cm³/mol. The largest absolute Gasteiger partial charge is 0.391 e. The molecule has 2 aromatic rings. The highest BCUT2D eigenvalue weighted by molar-refractivity contribution is 5.70. The molecule has 1 aliphatic rings. The van der Waals surface area contributed by atoms with E-state index in [2.05, 4.69) is 4.98 Å². The lowest BCUT2D eigenvalue weighted by atomic mass is 10.1. The molecule has 1 aliphatic heterocycles. The van der Waals surface area contributed by atoms with Gasteiger partial charge in [0.05, 0.1) is 25.4 Å². The van der Waals surface area contributed by atoms with Crippen molar-refractivity contribution < 1.29 is 9.84 Å². The number of aliphatic hydroxyl groups excluding tert-OH is 1. The molecule has 0 radical (unpaired) electrons. The number of aliphatic hydroxyl groups is 1. The molecule has 2 atom stereocenters. The van der Waals surface area contributed by atoms with Crippen molar-refractivity contribution in [3.05, 3.63) is 26.7 Å². The fourth-order valence-corrected chi connectivity index (χ4v) is 2.85. The minimum absolute atomic E-state index is 0.193. The van der Waals surface area contributed by atoms with Gasteiger partial charge in [-0.3, -0.25) is 13.9 Å². The van der Waals surface area contributed by atoms with Crippen molar-refractivity contribution in [3.63, 3.8) is 0 Å². The van der Waals surface area contributed by atoms with E-state index in [4.69, 9.17) is 4.74 Å². The Morgan fingerprint density at radius 3 is 2.64 bits per heavy atom. The molecule has 1 saturated heterocycles. The highest BCUT2D eigenvalue weighted by Gasteiger charge is 2.23. The third-order valence-electron chi connectivity index (χ3n) is 4.32. The summed E-state index contributed by atoms with van der Waals surface area (Å²) in [6.07, 6.45) is 0.546. The number of hydrogen-bond acceptors (Lipinski definition) is 5. The molecule has 1 fully saturated rings. The zero-order valence-corrected chi connectivity index (χ0v) is 12.9. The highest BCUT2D eigenvalue weighted by Crippen LogP contribution is 2.15. The lowest BCUT2D eigenvalue weighted by Crippen LogP contribution is -2.44. The van der Waals surface area contributed by atoms with Crippen molar-refractivity contribution in [2.75, 3.05) is 6.61 Å². The Labute approximate surface area is 126 Å². The summed E-state index contributed by atoms with van der Waals surface area (Å²) in [5.74, 6) is 0.678. The first-order valence-corrected chi connectivity index (χ1v) is 7.32. The van der Waals surface area contributed by atoms with E-state index < -0.39 is 11.8 Å². The number of rotatable bonds is 2. The van der Waals surface area contributed by atoms with E-state index in [0.29, 0.717) is 29.8 Å². The molecule has 1 N–H and O–H groups in total. The van der Waals surface area contributed by atoms with Crippen LogP contribution in [0.4, 0.5) is 0 Å². The summed E-state index contributed by atoms with van der Waals surface area (Å²) >= 11 is 0. The Morgan fingerprint density at radius 1 is 1.27 bits per heavy atom. The Hall–Kier alpha value is -1.93. The van der Waals surface area contributed by atoms with Crippen molar-refractivity contribution in [1.29, 1.82) is 0 Å². The van der Waals surface area contributed by atoms with Crippen LogP contribution in [0.15, 0.2) is 9.59 Å². The van der Waals surface area contributed by atoms with Crippen molar-refractivity contribution >= 4 is 11.2 Å². The topological polar surface area (TPSA) is 91.3 Å². The highest BCUT2D eigenvalue weighted by atomic mass is 16.5. The Balaban J connectivity index is 2.08. The van der Waals surface area contributed by atoms with E-state index >= 15 is 0 Å². The van der Waals surface area contributed by atoms with E-state index in [0.717, 1.165) is 0 Å². The lowest BCUT2D eigenvalue weighted by Gasteiger charge is -2.26. The second-order valence-electron chi connectivity index (χ2n) is 5.83. The molecule has 2 unspecified atom stereocenters. The van der Waals surface area contributed by atoms with Crippen LogP contribution in [0.1, 0.15) is 18.7 Å². The minimum Gasteiger partial charge on any atom is -0.391 e. The van der Waals surface area contributed by atoms with E-state index in [9.17, 15) is 14.7 Å². The van der Waals surface area contributed by atoms with Crippen molar-refractivity contribution in [2.24, 2.45) is 14.1 Å². The summed E-state index contributed by atoms with van der Waals surface area (Å²) in [5, 5.41) is 9.46. The first-order valence-electron chi connectivity index (χ1n) is 7.32. The van der Waals surface area contributed by atoms with Gasteiger partial charge in [-0.05, 0) is 19.8 Å². The Morgan fingerprint density at radius 2 is 2.00 bits per heavy atom. The summed E-state index contributed by atoms with van der Waals surface area (Å²) in [7, 11) is 3.37. The SMILES string of the molecule is Cc1nc2c(c(=O)n(CC3CCC(O)CO3)c(=O)n2C)n1C. The average Bonchev–Trinajstić information content (AvgIpc) is 2.79. The van der Waals surface area contributed by atoms with Gasteiger partial charge in [-0.1, -0.05) is 0 Å². The lowest BCUT2D eigenvalue weighted by molar-refractivity contribution is -0.0617. The molecule has 0 bridgehead atoms. The van der Waals surface area contributed by atoms with E-state index in [1.807, 2.05) is 0 Å². The Kier molecular flexibility index (Phi) is 3.65. The maximum Gasteiger partial charge on any atom is 0.332 e. The van der Waals surface area contributed by atoms with Crippen molar-refractivity contribution in [2.45, 2.75) is 38.5 Å². The van der Waals surface area contributed by atoms with Crippen LogP contribution in [0.25, 0.3) is 11.2 Å². The van der Waals surface area contributed by atoms with Gasteiger partial charge in [0.25, 0.3) is 5.56 Å². The molecule has 0 spiro atoms. The average molecular weight is 308 g/mol. The molecule has 0 aromatic carbocycles. The summed E-state index contributed by atoms with van der Waals surface area (Å²) in [5.41, 5.74) is 0.0583. The second-order valence-corrected chi connectivity index (χ2v) is 5.83. The monoisotopic (exact) mass is 308 g/mol. The summed E-state index contributed by atoms with van der Waals surface area (Å²) in [6.45, 7) is 2.23. The zero-order valence-electron chi connectivity index (χ0n) is 12.9. The molecule has 120 valence electrons. The normalized spacial score (nSPS) is 22.4. The predicted octanol–water partition coefficient (Wildman–Crippen LogP) is -0.718. The molecule has 0 saturated carbocycles. The van der Waals surface area contributed by atoms with Crippen LogP contribution in [0.2, 0.25) is 0 Å². The van der Waals surface area contributed by atoms with Gasteiger partial charge < -0.3 is 14.4 Å². The molecule has 22 heavy (non-hydrogen) atoms. The van der Waals surface area contributed by atoms with Crippen LogP contribution in [0.5, 0.6) is 0 Å². The molecular weight excluding hydrogens is 288 g/mol. The van der Waals surface area contributed by atoms with Crippen molar-refractivity contribution in [3.8, 4) is 0 Å². The number of ether oxygens (including phenoxy) is 1. The van der Waals surface area contributed by atoms with Gasteiger partial charge in [0, 0.05) is 14.1 Å². The number of nitrogens with zero attached hydrogens (tertiary/aromatic N) is 4. The van der Waals surface area contributed by atoms with Crippen LogP contribution >= 0.6 is 0 Å². The molecule has 8 nitrogen and oxygen atoms in total. The van der Waals surface area contributed by atoms with E-state index in [-0.39, 0.29) is 24.8 Å². The van der Waals surface area contributed by atoms with Gasteiger partial charge in [-0.15, -0.1) is 0 Å². The number of hydrogen-bond donors (Lipinski definition) is 1. The number of fused-ring (bicyclic) bond motifs is 1. The van der Waals surface area contributed by atoms with Gasteiger partial charge in [0.1, 0.15) is 5.82 Å². The van der Waals surface area contributed by atoms with Crippen LogP contribution < -0.4 is 11.2 Å². The minimum atomic E-state index is -0.460. The van der Waals surface area contributed by atoms with Crippen LogP contribution in [0, 0.1) is 6.92 Å². The number of aromatic nitrogens is 4. The van der Waals surface area contributed by atoms with Crippen LogP contribution in [-0.2, 0) is 25.4 Å². The molecule has 0 aliphatic carbocycles. The second kappa shape index (κ2) is 5.36. The summed E-state index contributed by atoms with van der Waals surface area (Å²) in [4.78, 5) is 29.4. The van der Waals surface area contributed by atoms with E-state index in [1.54, 1.807) is 25.6 Å². The summed E-state index contributed by atoms with van der Waals surface area (Å²) in [6, 6.07) is 0. The summed E-state index contributed by atoms with van der Waals surface area (Å²) < 4.78 is 9.80. The van der Waals surface area contributed by atoms with Gasteiger partial charge >= 0.3 is 5.69 Å². The molecule has 3 rings (SSSR count). The third-order valence-corrected chi connectivity index (χ3v) is 4.32. The van der Waals surface area contributed by atoms with Crippen LogP contribution in [-0.4, -0.2) is 42.6 Å². The third kappa shape index (κ3) is 2.28. The first-order chi connectivity index (χ1) is 10.4. The Bertz CT molecular complexity index is 824. The quantitative estimate of drug-likeness (QED) is 0.791. The maximum absolute atomic E-state index is 12.7. The van der Waals surface area contributed by atoms with Gasteiger partial charge in [0.15, 0.2) is 11.2 Å². The molecule has 2 aromatic heterocycles. The molecule has 0 amide bonds. The van der Waals surface area contributed by atoms with Crippen molar-refractivity contribution in [1.82, 2.24) is 18.7 Å². The number of aryl methyl sites for hydroxylation is 3. The fourth-order valence-electron chi connectivity index (χ4n) is 2.85. The zero-order chi connectivity index (χ0) is 16.0. The standard InChI is InChI=1S/C14H20N4O4/c1-8-15-12-11(16(8)2)13(20)18(14(21)17(12)3)6-10-5-4-9(19)7-22-10/h9-10,19H,4-7H2,1-3H3. The molecule has 8 heteroatoms. The molecular formula is C14H20N4O4. The van der Waals surface area contributed by atoms with Gasteiger partial charge in [-0.2, -0.15) is 0 Å². The smallest absolute Gasteiger partial charge is 0.332 e. The fraction of sp³-hybridized carbons (Fsp3) is 0.643. The van der Waals surface area contributed by atoms with E-state index in [1.165, 1.54) is 9.13 Å². The maximum atomic E-state index is 12.7. The van der Waals surface area contributed by atoms with Gasteiger partial charge in [-0.25, -0.2) is 9.78 Å².